The number of hydrogen-bond donors (Lipinski definition) is 0. The molecular weight excluding hydrogens is 184 g/mol. The van der Waals surface area contributed by atoms with Crippen molar-refractivity contribution in [2.75, 3.05) is 12.5 Å². The third kappa shape index (κ3) is 3.61. The summed E-state index contributed by atoms with van der Waals surface area (Å²) in [5, 5.41) is 0. The van der Waals surface area contributed by atoms with Gasteiger partial charge in [0.25, 0.3) is 0 Å². The first-order valence-corrected chi connectivity index (χ1v) is 8.17. The molecule has 0 aliphatic rings. The highest BCUT2D eigenvalue weighted by Gasteiger charge is 2.20. The molecule has 0 bridgehead atoms. The fourth-order valence-corrected chi connectivity index (χ4v) is 6.75. The highest BCUT2D eigenvalue weighted by Crippen LogP contribution is 2.20. The van der Waals surface area contributed by atoms with Crippen molar-refractivity contribution < 1.29 is 0 Å². The zero-order chi connectivity index (χ0) is 10.2. The topological polar surface area (TPSA) is 0 Å². The van der Waals surface area contributed by atoms with Gasteiger partial charge in [0.05, 0.1) is 0 Å². The van der Waals surface area contributed by atoms with Crippen LogP contribution in [0.5, 0.6) is 0 Å². The first-order valence-electron chi connectivity index (χ1n) is 4.39. The largest absolute Gasteiger partial charge is 0.159 e. The van der Waals surface area contributed by atoms with Crippen molar-refractivity contribution in [1.29, 1.82) is 0 Å². The third-order valence-electron chi connectivity index (χ3n) is 2.10. The Morgan fingerprint density at radius 1 is 0.583 bits per heavy atom. The van der Waals surface area contributed by atoms with E-state index in [2.05, 4.69) is 54.1 Å². The highest BCUT2D eigenvalue weighted by molar-refractivity contribution is 8.44. The molecule has 0 aliphatic heterocycles. The van der Waals surface area contributed by atoms with Gasteiger partial charge in [0.15, 0.2) is 0 Å². The maximum absolute atomic E-state index is 2.41. The lowest BCUT2D eigenvalue weighted by molar-refractivity contribution is 0.792. The highest BCUT2D eigenvalue weighted by atomic mass is 32.9. The van der Waals surface area contributed by atoms with Crippen LogP contribution in [0.2, 0.25) is 0 Å². The fourth-order valence-electron chi connectivity index (χ4n) is 0.750. The van der Waals surface area contributed by atoms with Gasteiger partial charge in [0.2, 0.25) is 0 Å². The van der Waals surface area contributed by atoms with Gasteiger partial charge in [0, 0.05) is 9.49 Å². The number of rotatable bonds is 0. The molecular formula is C10H24S2. The molecule has 2 unspecified atom stereocenters. The van der Waals surface area contributed by atoms with Crippen molar-refractivity contribution in [3.05, 3.63) is 0 Å². The minimum Gasteiger partial charge on any atom is -0.159 e. The third-order valence-corrected chi connectivity index (χ3v) is 11.5. The van der Waals surface area contributed by atoms with Gasteiger partial charge in [-0.15, -0.1) is 0 Å². The molecule has 2 atom stereocenters. The molecule has 0 radical (unpaired) electrons. The summed E-state index contributed by atoms with van der Waals surface area (Å²) in [6, 6.07) is 0. The van der Waals surface area contributed by atoms with Crippen LogP contribution in [0.25, 0.3) is 0 Å². The molecule has 0 aromatic heterocycles. The molecule has 2 heteroatoms. The fraction of sp³-hybridized carbons (Fsp3) is 1.00. The lowest BCUT2D eigenvalue weighted by Gasteiger charge is -2.31. The van der Waals surface area contributed by atoms with Crippen molar-refractivity contribution in [1.82, 2.24) is 0 Å². The Hall–Kier alpha value is 0.700. The van der Waals surface area contributed by atoms with Crippen LogP contribution in [0.4, 0.5) is 0 Å². The Morgan fingerprint density at radius 3 is 0.833 bits per heavy atom. The monoisotopic (exact) mass is 208 g/mol. The average molecular weight is 208 g/mol. The molecule has 0 nitrogen and oxygen atoms in total. The predicted molar refractivity (Wildman–Crippen MR) is 66.1 cm³/mol. The second-order valence-electron chi connectivity index (χ2n) is 5.13. The van der Waals surface area contributed by atoms with Gasteiger partial charge < -0.3 is 0 Å². The molecule has 0 N–H and O–H groups in total. The van der Waals surface area contributed by atoms with Gasteiger partial charge in [-0.1, -0.05) is 41.5 Å². The lowest BCUT2D eigenvalue weighted by atomic mass is 10.3. The summed E-state index contributed by atoms with van der Waals surface area (Å²) in [6.07, 6.45) is 4.82. The Balaban J connectivity index is 4.96. The second-order valence-corrected chi connectivity index (χ2v) is 12.4. The van der Waals surface area contributed by atoms with E-state index >= 15 is 0 Å². The zero-order valence-corrected chi connectivity index (χ0v) is 11.4. The smallest absolute Gasteiger partial charge is 0.00723 e. The maximum atomic E-state index is 2.41. The molecule has 0 aliphatic carbocycles. The van der Waals surface area contributed by atoms with Crippen LogP contribution >= 0.6 is 0 Å². The van der Waals surface area contributed by atoms with Gasteiger partial charge in [0.1, 0.15) is 0 Å². The van der Waals surface area contributed by atoms with Crippen LogP contribution in [0.1, 0.15) is 41.5 Å². The molecule has 12 heavy (non-hydrogen) atoms. The Kier molecular flexibility index (Phi) is 4.05. The van der Waals surface area contributed by atoms with Gasteiger partial charge in [-0.3, -0.25) is 0 Å². The molecule has 0 aromatic carbocycles. The van der Waals surface area contributed by atoms with E-state index in [9.17, 15) is 0 Å². The summed E-state index contributed by atoms with van der Waals surface area (Å²) in [5.41, 5.74) is 0. The SMILES string of the molecule is C/S(=S(/C)C(C)(C)C)C(C)(C)C. The zero-order valence-electron chi connectivity index (χ0n) is 9.82. The van der Waals surface area contributed by atoms with Crippen LogP contribution in [0.15, 0.2) is 0 Å². The average Bonchev–Trinajstić information content (AvgIpc) is 1.80. The van der Waals surface area contributed by atoms with Crippen LogP contribution in [0, 0.1) is 0 Å². The number of hydrogen-bond acceptors (Lipinski definition) is 0. The summed E-state index contributed by atoms with van der Waals surface area (Å²) in [6.45, 7) is 14.1. The first-order chi connectivity index (χ1) is 5.07. The quantitative estimate of drug-likeness (QED) is 0.574. The minimum absolute atomic E-state index is 0.477. The molecule has 0 fully saturated rings. The summed E-state index contributed by atoms with van der Waals surface area (Å²) in [4.78, 5) is 0. The van der Waals surface area contributed by atoms with Crippen molar-refractivity contribution in [3.8, 4) is 0 Å². The van der Waals surface area contributed by atoms with E-state index < -0.39 is 0 Å². The van der Waals surface area contributed by atoms with Gasteiger partial charge >= 0.3 is 0 Å². The van der Waals surface area contributed by atoms with Crippen LogP contribution in [-0.2, 0) is 18.9 Å². The van der Waals surface area contributed by atoms with Crippen molar-refractivity contribution in [3.63, 3.8) is 0 Å². The molecule has 0 amide bonds. The van der Waals surface area contributed by atoms with Crippen LogP contribution in [0.3, 0.4) is 0 Å². The Labute approximate surface area is 82.7 Å². The molecule has 76 valence electrons. The van der Waals surface area contributed by atoms with Gasteiger partial charge in [-0.05, 0) is 12.5 Å². The maximum Gasteiger partial charge on any atom is 0.00723 e. The van der Waals surface area contributed by atoms with Gasteiger partial charge in [-0.25, -0.2) is 0 Å². The molecule has 0 aromatic rings. The summed E-state index contributed by atoms with van der Waals surface area (Å²) in [5.74, 6) is 0. The second kappa shape index (κ2) is 3.83. The van der Waals surface area contributed by atoms with Crippen LogP contribution in [-0.4, -0.2) is 22.0 Å². The Morgan fingerprint density at radius 2 is 0.750 bits per heavy atom. The minimum atomic E-state index is 0.477. The Bertz CT molecular complexity index is 167. The molecule has 0 heterocycles. The molecule has 0 spiro atoms. The van der Waals surface area contributed by atoms with E-state index in [1.54, 1.807) is 0 Å². The predicted octanol–water partition coefficient (Wildman–Crippen LogP) is 2.99. The lowest BCUT2D eigenvalue weighted by Crippen LogP contribution is -2.31. The van der Waals surface area contributed by atoms with Crippen molar-refractivity contribution in [2.24, 2.45) is 0 Å². The molecule has 0 saturated heterocycles. The van der Waals surface area contributed by atoms with E-state index in [4.69, 9.17) is 0 Å². The van der Waals surface area contributed by atoms with E-state index in [0.717, 1.165) is 0 Å². The van der Waals surface area contributed by atoms with Crippen LogP contribution < -0.4 is 0 Å². The normalized spacial score (nSPS) is 19.0. The summed E-state index contributed by atoms with van der Waals surface area (Å²) in [7, 11) is 1.05. The van der Waals surface area contributed by atoms with E-state index in [-0.39, 0.29) is 0 Å². The van der Waals surface area contributed by atoms with Crippen molar-refractivity contribution in [2.45, 2.75) is 51.0 Å². The van der Waals surface area contributed by atoms with Gasteiger partial charge in [-0.2, -0.15) is 18.9 Å². The summed E-state index contributed by atoms with van der Waals surface area (Å²) < 4.78 is 0.955. The van der Waals surface area contributed by atoms with E-state index in [0.29, 0.717) is 28.4 Å². The molecule has 0 rings (SSSR count). The summed E-state index contributed by atoms with van der Waals surface area (Å²) >= 11 is 0. The van der Waals surface area contributed by atoms with E-state index in [1.165, 1.54) is 0 Å². The first kappa shape index (κ1) is 12.7. The van der Waals surface area contributed by atoms with E-state index in [1.807, 2.05) is 0 Å². The van der Waals surface area contributed by atoms with Crippen molar-refractivity contribution >= 4 is 18.9 Å². The standard InChI is InChI=1S/C10H24S2/c1-9(2,3)11(7)12(8)10(4,5)6/h1-8H3. The molecule has 0 saturated carbocycles.